The van der Waals surface area contributed by atoms with Crippen LogP contribution in [0.5, 0.6) is 0 Å². The normalized spacial score (nSPS) is 19.6. The lowest BCUT2D eigenvalue weighted by molar-refractivity contribution is -0.124. The molecule has 2 heterocycles. The molecule has 0 atom stereocenters. The second-order valence-electron chi connectivity index (χ2n) is 4.54. The maximum absolute atomic E-state index is 12.0. The van der Waals surface area contributed by atoms with Gasteiger partial charge in [0, 0.05) is 18.5 Å². The summed E-state index contributed by atoms with van der Waals surface area (Å²) in [5.41, 5.74) is 5.53. The highest BCUT2D eigenvalue weighted by Crippen LogP contribution is 2.35. The molecule has 86 valence electrons. The van der Waals surface area contributed by atoms with Crippen molar-refractivity contribution < 1.29 is 9.59 Å². The zero-order valence-corrected chi connectivity index (χ0v) is 9.28. The molecule has 1 aliphatic rings. The average molecular weight is 222 g/mol. The molecule has 16 heavy (non-hydrogen) atoms. The quantitative estimate of drug-likeness (QED) is 0.697. The van der Waals surface area contributed by atoms with Crippen molar-refractivity contribution in [1.82, 2.24) is 10.2 Å². The first-order chi connectivity index (χ1) is 7.47. The van der Waals surface area contributed by atoms with E-state index in [1.807, 2.05) is 0 Å². The number of aromatic nitrogens is 2. The third-order valence-electron chi connectivity index (χ3n) is 2.76. The molecule has 0 aromatic carbocycles. The Kier molecular flexibility index (Phi) is 2.31. The van der Waals surface area contributed by atoms with Crippen LogP contribution in [0, 0.1) is 5.41 Å². The molecule has 1 aromatic rings. The lowest BCUT2D eigenvalue weighted by atomic mass is 9.92. The number of rotatable bonds is 2. The third-order valence-corrected chi connectivity index (χ3v) is 2.76. The van der Waals surface area contributed by atoms with Gasteiger partial charge in [-0.15, -0.1) is 0 Å². The predicted octanol–water partition coefficient (Wildman–Crippen LogP) is 0.158. The highest BCUT2D eigenvalue weighted by atomic mass is 16.2. The van der Waals surface area contributed by atoms with E-state index in [1.54, 1.807) is 13.8 Å². The van der Waals surface area contributed by atoms with Crippen molar-refractivity contribution in [3.05, 3.63) is 11.8 Å². The molecule has 0 radical (unpaired) electrons. The van der Waals surface area contributed by atoms with Crippen molar-refractivity contribution in [3.8, 4) is 0 Å². The summed E-state index contributed by atoms with van der Waals surface area (Å²) in [5.74, 6) is -0.0199. The zero-order valence-electron chi connectivity index (χ0n) is 9.28. The van der Waals surface area contributed by atoms with E-state index in [0.717, 1.165) is 4.90 Å². The third kappa shape index (κ3) is 1.42. The summed E-state index contributed by atoms with van der Waals surface area (Å²) in [4.78, 5) is 25.0. The Labute approximate surface area is 92.8 Å². The number of anilines is 1. The smallest absolute Gasteiger partial charge is 0.241 e. The van der Waals surface area contributed by atoms with Gasteiger partial charge >= 0.3 is 0 Å². The van der Waals surface area contributed by atoms with Gasteiger partial charge in [0.2, 0.25) is 11.8 Å². The average Bonchev–Trinajstić information content (AvgIpc) is 2.71. The van der Waals surface area contributed by atoms with Gasteiger partial charge < -0.3 is 5.73 Å². The van der Waals surface area contributed by atoms with Crippen LogP contribution in [-0.4, -0.2) is 22.0 Å². The molecule has 0 bridgehead atoms. The lowest BCUT2D eigenvalue weighted by Gasteiger charge is -2.16. The molecule has 0 spiro atoms. The molecular formula is C10H14N4O2. The van der Waals surface area contributed by atoms with Crippen LogP contribution in [0.4, 0.5) is 5.82 Å². The molecular weight excluding hydrogens is 208 g/mol. The largest absolute Gasteiger partial charge is 0.326 e. The van der Waals surface area contributed by atoms with Crippen LogP contribution in [0.3, 0.4) is 0 Å². The number of nitrogens with one attached hydrogen (secondary N) is 1. The number of nitrogens with zero attached hydrogens (tertiary/aromatic N) is 2. The van der Waals surface area contributed by atoms with Gasteiger partial charge in [0.1, 0.15) is 5.82 Å². The Morgan fingerprint density at radius 2 is 2.25 bits per heavy atom. The van der Waals surface area contributed by atoms with Crippen molar-refractivity contribution in [1.29, 1.82) is 0 Å². The van der Waals surface area contributed by atoms with E-state index in [1.165, 1.54) is 6.20 Å². The van der Waals surface area contributed by atoms with Gasteiger partial charge in [0.05, 0.1) is 11.6 Å². The van der Waals surface area contributed by atoms with Crippen molar-refractivity contribution in [2.75, 3.05) is 4.90 Å². The standard InChI is InChI=1S/C10H14N4O2/c1-10(2)3-7(15)14(9(10)16)8-6(4-11)5-12-13-8/h5H,3-4,11H2,1-2H3,(H,12,13). The topological polar surface area (TPSA) is 92.1 Å². The van der Waals surface area contributed by atoms with E-state index < -0.39 is 5.41 Å². The number of carbonyl (C=O) groups excluding carboxylic acids is 2. The Bertz CT molecular complexity index is 449. The van der Waals surface area contributed by atoms with Crippen LogP contribution < -0.4 is 10.6 Å². The summed E-state index contributed by atoms with van der Waals surface area (Å²) in [7, 11) is 0. The van der Waals surface area contributed by atoms with Crippen LogP contribution in [0.15, 0.2) is 6.20 Å². The molecule has 1 fully saturated rings. The summed E-state index contributed by atoms with van der Waals surface area (Å²) in [6.45, 7) is 3.75. The van der Waals surface area contributed by atoms with Crippen LogP contribution in [0.1, 0.15) is 25.8 Å². The first kappa shape index (κ1) is 10.8. The van der Waals surface area contributed by atoms with E-state index in [2.05, 4.69) is 10.2 Å². The molecule has 0 aliphatic carbocycles. The van der Waals surface area contributed by atoms with Gasteiger partial charge in [-0.2, -0.15) is 5.10 Å². The number of hydrogen-bond donors (Lipinski definition) is 2. The lowest BCUT2D eigenvalue weighted by Crippen LogP contribution is -2.34. The van der Waals surface area contributed by atoms with Crippen molar-refractivity contribution in [2.24, 2.45) is 11.1 Å². The summed E-state index contributed by atoms with van der Waals surface area (Å²) < 4.78 is 0. The number of imide groups is 1. The van der Waals surface area contributed by atoms with Crippen molar-refractivity contribution >= 4 is 17.6 Å². The van der Waals surface area contributed by atoms with E-state index in [4.69, 9.17) is 5.73 Å². The molecule has 6 heteroatoms. The summed E-state index contributed by atoms with van der Waals surface area (Å²) >= 11 is 0. The minimum atomic E-state index is -0.645. The van der Waals surface area contributed by atoms with Crippen LogP contribution >= 0.6 is 0 Å². The minimum Gasteiger partial charge on any atom is -0.326 e. The number of aromatic amines is 1. The highest BCUT2D eigenvalue weighted by molar-refractivity contribution is 6.22. The Hall–Kier alpha value is -1.69. The minimum absolute atomic E-state index is 0.212. The summed E-state index contributed by atoms with van der Waals surface area (Å²) in [5, 5.41) is 6.45. The Morgan fingerprint density at radius 1 is 1.56 bits per heavy atom. The van der Waals surface area contributed by atoms with Gasteiger partial charge in [-0.05, 0) is 0 Å². The number of amides is 2. The first-order valence-electron chi connectivity index (χ1n) is 5.07. The maximum Gasteiger partial charge on any atom is 0.241 e. The van der Waals surface area contributed by atoms with E-state index in [0.29, 0.717) is 11.4 Å². The van der Waals surface area contributed by atoms with Gasteiger partial charge in [-0.3, -0.25) is 14.7 Å². The Balaban J connectivity index is 2.42. The molecule has 1 saturated heterocycles. The van der Waals surface area contributed by atoms with Crippen LogP contribution in [0.25, 0.3) is 0 Å². The predicted molar refractivity (Wildman–Crippen MR) is 57.4 cm³/mol. The van der Waals surface area contributed by atoms with Gasteiger partial charge in [0.25, 0.3) is 0 Å². The fourth-order valence-corrected chi connectivity index (χ4v) is 1.82. The van der Waals surface area contributed by atoms with Gasteiger partial charge in [-0.1, -0.05) is 13.8 Å². The number of nitrogens with two attached hydrogens (primary N) is 1. The molecule has 6 nitrogen and oxygen atoms in total. The van der Waals surface area contributed by atoms with Crippen LogP contribution in [-0.2, 0) is 16.1 Å². The number of carbonyl (C=O) groups is 2. The first-order valence-corrected chi connectivity index (χ1v) is 5.07. The highest BCUT2D eigenvalue weighted by Gasteiger charge is 2.46. The number of H-pyrrole nitrogens is 1. The maximum atomic E-state index is 12.0. The fourth-order valence-electron chi connectivity index (χ4n) is 1.82. The van der Waals surface area contributed by atoms with Crippen molar-refractivity contribution in [2.45, 2.75) is 26.8 Å². The number of hydrogen-bond acceptors (Lipinski definition) is 4. The second kappa shape index (κ2) is 3.41. The summed E-state index contributed by atoms with van der Waals surface area (Å²) in [6.07, 6.45) is 1.75. The molecule has 2 rings (SSSR count). The van der Waals surface area contributed by atoms with E-state index in [9.17, 15) is 9.59 Å². The van der Waals surface area contributed by atoms with E-state index in [-0.39, 0.29) is 24.8 Å². The molecule has 1 aromatic heterocycles. The van der Waals surface area contributed by atoms with Crippen LogP contribution in [0.2, 0.25) is 0 Å². The molecule has 2 amide bonds. The van der Waals surface area contributed by atoms with Gasteiger partial charge in [-0.25, -0.2) is 4.90 Å². The van der Waals surface area contributed by atoms with Crippen molar-refractivity contribution in [3.63, 3.8) is 0 Å². The SMILES string of the molecule is CC1(C)CC(=O)N(c2[nH]ncc2CN)C1=O. The van der Waals surface area contributed by atoms with E-state index >= 15 is 0 Å². The fraction of sp³-hybridized carbons (Fsp3) is 0.500. The van der Waals surface area contributed by atoms with Gasteiger partial charge in [0.15, 0.2) is 0 Å². The molecule has 0 unspecified atom stereocenters. The zero-order chi connectivity index (χ0) is 11.9. The summed E-state index contributed by atoms with van der Waals surface area (Å²) in [6, 6.07) is 0. The molecule has 3 N–H and O–H groups in total. The second-order valence-corrected chi connectivity index (χ2v) is 4.54. The Morgan fingerprint density at radius 3 is 2.75 bits per heavy atom. The monoisotopic (exact) mass is 222 g/mol. The molecule has 1 aliphatic heterocycles. The molecule has 0 saturated carbocycles.